The number of anilines is 2. The van der Waals surface area contributed by atoms with Crippen molar-refractivity contribution in [2.45, 2.75) is 13.8 Å². The lowest BCUT2D eigenvalue weighted by Crippen LogP contribution is -2.46. The van der Waals surface area contributed by atoms with Crippen LogP contribution in [0.1, 0.15) is 12.6 Å². The van der Waals surface area contributed by atoms with Gasteiger partial charge in [0.25, 0.3) is 0 Å². The number of likely N-dealkylation sites (N-methyl/N-ethyl adjacent to an activating group) is 1. The second kappa shape index (κ2) is 4.70. The number of fused-ring (bicyclic) bond motifs is 1. The van der Waals surface area contributed by atoms with Gasteiger partial charge in [0.1, 0.15) is 0 Å². The molecule has 19 heavy (non-hydrogen) atoms. The molecule has 0 atom stereocenters. The number of aromatic nitrogens is 3. The number of aryl methyl sites for hydroxylation is 1. The molecule has 102 valence electrons. The molecule has 0 spiro atoms. The molecule has 0 unspecified atom stereocenters. The van der Waals surface area contributed by atoms with Gasteiger partial charge in [0.05, 0.1) is 11.4 Å². The fraction of sp³-hybridized carbons (Fsp3) is 0.538. The van der Waals surface area contributed by atoms with Crippen LogP contribution in [0.4, 0.5) is 11.6 Å². The highest BCUT2D eigenvalue weighted by molar-refractivity contribution is 5.57. The summed E-state index contributed by atoms with van der Waals surface area (Å²) in [5, 5.41) is 4.25. The second-order valence-electron chi connectivity index (χ2n) is 4.97. The number of rotatable bonds is 2. The smallest absolute Gasteiger partial charge is 0.240 e. The molecule has 1 saturated heterocycles. The first-order valence-electron chi connectivity index (χ1n) is 6.78. The van der Waals surface area contributed by atoms with Crippen LogP contribution in [0.3, 0.4) is 0 Å². The van der Waals surface area contributed by atoms with Gasteiger partial charge in [-0.05, 0) is 25.6 Å². The molecule has 6 heteroatoms. The SMILES string of the molecule is CCN1CCN(c2ccc3nc(N)nn3c2C)CC1. The van der Waals surface area contributed by atoms with Gasteiger partial charge in [0, 0.05) is 26.2 Å². The Morgan fingerprint density at radius 1 is 1.21 bits per heavy atom. The molecule has 1 aliphatic heterocycles. The van der Waals surface area contributed by atoms with Crippen LogP contribution in [-0.4, -0.2) is 52.2 Å². The van der Waals surface area contributed by atoms with Crippen molar-refractivity contribution in [3.8, 4) is 0 Å². The van der Waals surface area contributed by atoms with E-state index in [1.54, 1.807) is 0 Å². The molecule has 0 aromatic carbocycles. The van der Waals surface area contributed by atoms with Gasteiger partial charge in [0.2, 0.25) is 5.95 Å². The second-order valence-corrected chi connectivity index (χ2v) is 4.97. The molecule has 0 saturated carbocycles. The largest absolute Gasteiger partial charge is 0.368 e. The summed E-state index contributed by atoms with van der Waals surface area (Å²) in [6, 6.07) is 4.11. The predicted octanol–water partition coefficient (Wildman–Crippen LogP) is 0.762. The van der Waals surface area contributed by atoms with E-state index in [2.05, 4.69) is 39.8 Å². The third-order valence-electron chi connectivity index (χ3n) is 3.89. The molecule has 2 aromatic heterocycles. The lowest BCUT2D eigenvalue weighted by atomic mass is 10.2. The lowest BCUT2D eigenvalue weighted by Gasteiger charge is -2.36. The maximum absolute atomic E-state index is 5.66. The average molecular weight is 260 g/mol. The molecule has 2 aromatic rings. The Kier molecular flexibility index (Phi) is 3.02. The summed E-state index contributed by atoms with van der Waals surface area (Å²) in [7, 11) is 0. The molecule has 1 aliphatic rings. The summed E-state index contributed by atoms with van der Waals surface area (Å²) in [4.78, 5) is 9.07. The molecule has 3 heterocycles. The highest BCUT2D eigenvalue weighted by Crippen LogP contribution is 2.22. The number of piperazine rings is 1. The topological polar surface area (TPSA) is 62.7 Å². The number of nitrogens with two attached hydrogens (primary N) is 1. The van der Waals surface area contributed by atoms with Gasteiger partial charge in [-0.2, -0.15) is 4.98 Å². The van der Waals surface area contributed by atoms with E-state index in [4.69, 9.17) is 5.73 Å². The summed E-state index contributed by atoms with van der Waals surface area (Å²) in [6.45, 7) is 9.77. The van der Waals surface area contributed by atoms with Crippen LogP contribution >= 0.6 is 0 Å². The van der Waals surface area contributed by atoms with Crippen LogP contribution in [-0.2, 0) is 0 Å². The van der Waals surface area contributed by atoms with Gasteiger partial charge in [0.15, 0.2) is 5.65 Å². The summed E-state index contributed by atoms with van der Waals surface area (Å²) < 4.78 is 1.83. The Balaban J connectivity index is 1.91. The van der Waals surface area contributed by atoms with Crippen molar-refractivity contribution in [3.63, 3.8) is 0 Å². The molecule has 6 nitrogen and oxygen atoms in total. The van der Waals surface area contributed by atoms with E-state index in [1.807, 2.05) is 10.6 Å². The molecule has 0 bridgehead atoms. The first-order chi connectivity index (χ1) is 9.19. The van der Waals surface area contributed by atoms with Crippen LogP contribution < -0.4 is 10.6 Å². The first kappa shape index (κ1) is 12.2. The number of hydrogen-bond acceptors (Lipinski definition) is 5. The van der Waals surface area contributed by atoms with E-state index in [0.717, 1.165) is 44.1 Å². The molecular formula is C13H20N6. The zero-order valence-electron chi connectivity index (χ0n) is 11.5. The van der Waals surface area contributed by atoms with E-state index in [-0.39, 0.29) is 0 Å². The number of nitrogens with zero attached hydrogens (tertiary/aromatic N) is 5. The van der Waals surface area contributed by atoms with Gasteiger partial charge in [-0.3, -0.25) is 0 Å². The molecule has 0 aliphatic carbocycles. The normalized spacial score (nSPS) is 17.3. The van der Waals surface area contributed by atoms with Crippen LogP contribution in [0.2, 0.25) is 0 Å². The number of nitrogen functional groups attached to an aromatic ring is 1. The van der Waals surface area contributed by atoms with Crippen molar-refractivity contribution in [1.82, 2.24) is 19.5 Å². The third kappa shape index (κ3) is 2.12. The molecular weight excluding hydrogens is 240 g/mol. The molecule has 0 amide bonds. The van der Waals surface area contributed by atoms with Crippen molar-refractivity contribution in [3.05, 3.63) is 17.8 Å². The van der Waals surface area contributed by atoms with E-state index in [9.17, 15) is 0 Å². The van der Waals surface area contributed by atoms with E-state index in [1.165, 1.54) is 5.69 Å². The number of hydrogen-bond donors (Lipinski definition) is 1. The van der Waals surface area contributed by atoms with Crippen LogP contribution in [0.15, 0.2) is 12.1 Å². The maximum atomic E-state index is 5.66. The molecule has 0 radical (unpaired) electrons. The van der Waals surface area contributed by atoms with Gasteiger partial charge in [-0.15, -0.1) is 5.10 Å². The first-order valence-corrected chi connectivity index (χ1v) is 6.78. The maximum Gasteiger partial charge on any atom is 0.240 e. The highest BCUT2D eigenvalue weighted by Gasteiger charge is 2.18. The van der Waals surface area contributed by atoms with Crippen molar-refractivity contribution < 1.29 is 0 Å². The Morgan fingerprint density at radius 3 is 2.63 bits per heavy atom. The molecule has 3 rings (SSSR count). The van der Waals surface area contributed by atoms with Crippen LogP contribution in [0.25, 0.3) is 5.65 Å². The summed E-state index contributed by atoms with van der Waals surface area (Å²) >= 11 is 0. The Labute approximate surface area is 112 Å². The minimum absolute atomic E-state index is 0.330. The Hall–Kier alpha value is -1.82. The van der Waals surface area contributed by atoms with Gasteiger partial charge in [-0.25, -0.2) is 4.52 Å². The molecule has 2 N–H and O–H groups in total. The van der Waals surface area contributed by atoms with E-state index < -0.39 is 0 Å². The fourth-order valence-corrected chi connectivity index (χ4v) is 2.72. The lowest BCUT2D eigenvalue weighted by molar-refractivity contribution is 0.271. The van der Waals surface area contributed by atoms with Crippen LogP contribution in [0, 0.1) is 6.92 Å². The Morgan fingerprint density at radius 2 is 1.95 bits per heavy atom. The van der Waals surface area contributed by atoms with Gasteiger partial charge >= 0.3 is 0 Å². The number of pyridine rings is 1. The van der Waals surface area contributed by atoms with Crippen molar-refractivity contribution in [1.29, 1.82) is 0 Å². The minimum Gasteiger partial charge on any atom is -0.368 e. The quantitative estimate of drug-likeness (QED) is 0.864. The third-order valence-corrected chi connectivity index (χ3v) is 3.89. The minimum atomic E-state index is 0.330. The van der Waals surface area contributed by atoms with Gasteiger partial charge < -0.3 is 15.5 Å². The summed E-state index contributed by atoms with van der Waals surface area (Å²) in [5.74, 6) is 0.330. The monoisotopic (exact) mass is 260 g/mol. The van der Waals surface area contributed by atoms with Crippen molar-refractivity contribution in [2.75, 3.05) is 43.4 Å². The average Bonchev–Trinajstić information content (AvgIpc) is 2.81. The van der Waals surface area contributed by atoms with Crippen molar-refractivity contribution >= 4 is 17.3 Å². The Bertz CT molecular complexity index is 582. The predicted molar refractivity (Wildman–Crippen MR) is 76.5 cm³/mol. The summed E-state index contributed by atoms with van der Waals surface area (Å²) in [5.41, 5.74) is 8.81. The van der Waals surface area contributed by atoms with E-state index in [0.29, 0.717) is 5.95 Å². The fourth-order valence-electron chi connectivity index (χ4n) is 2.72. The molecule has 1 fully saturated rings. The van der Waals surface area contributed by atoms with E-state index >= 15 is 0 Å². The summed E-state index contributed by atoms with van der Waals surface area (Å²) in [6.07, 6.45) is 0. The highest BCUT2D eigenvalue weighted by atomic mass is 15.3. The van der Waals surface area contributed by atoms with Crippen LogP contribution in [0.5, 0.6) is 0 Å². The van der Waals surface area contributed by atoms with Crippen molar-refractivity contribution in [2.24, 2.45) is 0 Å². The zero-order chi connectivity index (χ0) is 13.4. The zero-order valence-corrected chi connectivity index (χ0v) is 11.5. The standard InChI is InChI=1S/C13H20N6/c1-3-17-6-8-18(9-7-17)11-4-5-12-15-13(14)16-19(12)10(11)2/h4-5H,3,6-9H2,1-2H3,(H2,14,16). The van der Waals surface area contributed by atoms with Gasteiger partial charge in [-0.1, -0.05) is 6.92 Å².